The van der Waals surface area contributed by atoms with Crippen LogP contribution >= 0.6 is 23.2 Å². The summed E-state index contributed by atoms with van der Waals surface area (Å²) in [4.78, 5) is 22.9. The number of carbonyl (C=O) groups is 1. The minimum absolute atomic E-state index is 0.0770. The molecule has 4 rings (SSSR count). The second kappa shape index (κ2) is 6.93. The van der Waals surface area contributed by atoms with Gasteiger partial charge in [0.05, 0.1) is 16.6 Å². The molecule has 3 heterocycles. The number of rotatable bonds is 4. The predicted molar refractivity (Wildman–Crippen MR) is 99.9 cm³/mol. The third kappa shape index (κ3) is 3.36. The van der Waals surface area contributed by atoms with Crippen LogP contribution in [0.1, 0.15) is 0 Å². The van der Waals surface area contributed by atoms with Crippen molar-refractivity contribution in [3.8, 4) is 5.82 Å². The first kappa shape index (κ1) is 16.8. The summed E-state index contributed by atoms with van der Waals surface area (Å²) < 4.78 is 1.66. The van der Waals surface area contributed by atoms with Crippen LogP contribution in [-0.4, -0.2) is 38.7 Å². The fraction of sp³-hybridized carbons (Fsp3) is 0.176. The van der Waals surface area contributed by atoms with E-state index in [0.717, 1.165) is 5.82 Å². The molecule has 0 spiro atoms. The summed E-state index contributed by atoms with van der Waals surface area (Å²) in [5, 5.41) is 7.94. The van der Waals surface area contributed by atoms with Gasteiger partial charge >= 0.3 is 0 Å². The number of halogens is 2. The lowest BCUT2D eigenvalue weighted by Crippen LogP contribution is -2.52. The number of hydrogen-bond donors (Lipinski definition) is 1. The molecule has 0 aliphatic carbocycles. The Kier molecular flexibility index (Phi) is 4.48. The van der Waals surface area contributed by atoms with Crippen LogP contribution in [0.4, 0.5) is 11.5 Å². The number of benzene rings is 1. The first-order valence-corrected chi connectivity index (χ1v) is 8.68. The topological polar surface area (TPSA) is 75.9 Å². The van der Waals surface area contributed by atoms with Crippen molar-refractivity contribution < 1.29 is 4.79 Å². The maximum atomic E-state index is 12.4. The molecule has 0 radical (unpaired) electrons. The van der Waals surface area contributed by atoms with E-state index in [1.165, 1.54) is 6.33 Å². The van der Waals surface area contributed by atoms with E-state index in [1.807, 2.05) is 23.2 Å². The maximum Gasteiger partial charge on any atom is 0.231 e. The molecule has 0 atom stereocenters. The second-order valence-corrected chi connectivity index (χ2v) is 6.74. The van der Waals surface area contributed by atoms with Crippen molar-refractivity contribution in [2.45, 2.75) is 0 Å². The van der Waals surface area contributed by atoms with Gasteiger partial charge in [0.1, 0.15) is 12.1 Å². The number of aromatic nitrogens is 4. The Labute approximate surface area is 159 Å². The molecule has 26 heavy (non-hydrogen) atoms. The fourth-order valence-electron chi connectivity index (χ4n) is 2.70. The van der Waals surface area contributed by atoms with Crippen molar-refractivity contribution in [2.75, 3.05) is 23.3 Å². The monoisotopic (exact) mass is 388 g/mol. The van der Waals surface area contributed by atoms with Crippen molar-refractivity contribution in [1.82, 2.24) is 19.7 Å². The van der Waals surface area contributed by atoms with E-state index in [-0.39, 0.29) is 11.8 Å². The standard InChI is InChI=1S/C17H14Cl2N6O/c18-12-2-3-14(13(19)6-12)23-17(26)11-8-24(9-11)15-7-16(21-10-20-15)25-5-1-4-22-25/h1-7,10-11H,8-9H2,(H,23,26). The van der Waals surface area contributed by atoms with Crippen LogP contribution in [-0.2, 0) is 4.79 Å². The molecule has 1 aliphatic rings. The largest absolute Gasteiger partial charge is 0.355 e. The molecule has 132 valence electrons. The van der Waals surface area contributed by atoms with E-state index in [1.54, 1.807) is 29.1 Å². The molecule has 1 amide bonds. The smallest absolute Gasteiger partial charge is 0.231 e. The van der Waals surface area contributed by atoms with Gasteiger partial charge < -0.3 is 10.2 Å². The van der Waals surface area contributed by atoms with Gasteiger partial charge in [-0.25, -0.2) is 14.6 Å². The van der Waals surface area contributed by atoms with Crippen LogP contribution in [0.3, 0.4) is 0 Å². The molecule has 1 aromatic carbocycles. The van der Waals surface area contributed by atoms with Gasteiger partial charge in [-0.15, -0.1) is 0 Å². The summed E-state index contributed by atoms with van der Waals surface area (Å²) in [6, 6.07) is 8.65. The van der Waals surface area contributed by atoms with Crippen LogP contribution in [0.15, 0.2) is 49.1 Å². The van der Waals surface area contributed by atoms with Gasteiger partial charge in [0, 0.05) is 36.6 Å². The third-order valence-corrected chi connectivity index (χ3v) is 4.69. The molecule has 1 aliphatic heterocycles. The zero-order chi connectivity index (χ0) is 18.1. The Morgan fingerprint density at radius 3 is 2.69 bits per heavy atom. The number of carbonyl (C=O) groups excluding carboxylic acids is 1. The Hall–Kier alpha value is -2.64. The summed E-state index contributed by atoms with van der Waals surface area (Å²) >= 11 is 12.0. The molecule has 1 saturated heterocycles. The average Bonchev–Trinajstić information content (AvgIpc) is 3.11. The maximum absolute atomic E-state index is 12.4. The molecule has 2 aromatic heterocycles. The van der Waals surface area contributed by atoms with Crippen LogP contribution in [0, 0.1) is 5.92 Å². The van der Waals surface area contributed by atoms with Crippen LogP contribution in [0.25, 0.3) is 5.82 Å². The van der Waals surface area contributed by atoms with Crippen LogP contribution in [0.5, 0.6) is 0 Å². The molecule has 0 bridgehead atoms. The lowest BCUT2D eigenvalue weighted by molar-refractivity contribution is -0.120. The Bertz CT molecular complexity index is 940. The van der Waals surface area contributed by atoms with Crippen molar-refractivity contribution in [3.63, 3.8) is 0 Å². The average molecular weight is 389 g/mol. The lowest BCUT2D eigenvalue weighted by Gasteiger charge is -2.39. The van der Waals surface area contributed by atoms with Crippen molar-refractivity contribution in [3.05, 3.63) is 59.1 Å². The summed E-state index contributed by atoms with van der Waals surface area (Å²) in [6.45, 7) is 1.15. The summed E-state index contributed by atoms with van der Waals surface area (Å²) in [6.07, 6.45) is 5.00. The van der Waals surface area contributed by atoms with Gasteiger partial charge in [0.25, 0.3) is 0 Å². The zero-order valence-corrected chi connectivity index (χ0v) is 15.0. The van der Waals surface area contributed by atoms with Crippen LogP contribution in [0.2, 0.25) is 10.0 Å². The van der Waals surface area contributed by atoms with Gasteiger partial charge in [-0.1, -0.05) is 23.2 Å². The minimum Gasteiger partial charge on any atom is -0.355 e. The summed E-state index contributed by atoms with van der Waals surface area (Å²) in [7, 11) is 0. The lowest BCUT2D eigenvalue weighted by atomic mass is 9.99. The van der Waals surface area contributed by atoms with E-state index in [4.69, 9.17) is 23.2 Å². The Morgan fingerprint density at radius 1 is 1.15 bits per heavy atom. The van der Waals surface area contributed by atoms with E-state index in [9.17, 15) is 4.79 Å². The van der Waals surface area contributed by atoms with Crippen molar-refractivity contribution >= 4 is 40.6 Å². The highest BCUT2D eigenvalue weighted by atomic mass is 35.5. The molecule has 9 heteroatoms. The molecule has 7 nitrogen and oxygen atoms in total. The molecule has 3 aromatic rings. The van der Waals surface area contributed by atoms with E-state index < -0.39 is 0 Å². The highest BCUT2D eigenvalue weighted by Gasteiger charge is 2.34. The van der Waals surface area contributed by atoms with Gasteiger partial charge in [-0.3, -0.25) is 4.79 Å². The van der Waals surface area contributed by atoms with E-state index in [0.29, 0.717) is 34.6 Å². The highest BCUT2D eigenvalue weighted by Crippen LogP contribution is 2.28. The van der Waals surface area contributed by atoms with Gasteiger partial charge in [0.15, 0.2) is 5.82 Å². The molecule has 1 fully saturated rings. The second-order valence-electron chi connectivity index (χ2n) is 5.90. The van der Waals surface area contributed by atoms with Crippen molar-refractivity contribution in [1.29, 1.82) is 0 Å². The summed E-state index contributed by atoms with van der Waals surface area (Å²) in [5.74, 6) is 1.23. The van der Waals surface area contributed by atoms with Gasteiger partial charge in [-0.05, 0) is 24.3 Å². The van der Waals surface area contributed by atoms with E-state index >= 15 is 0 Å². The molecular weight excluding hydrogens is 375 g/mol. The predicted octanol–water partition coefficient (Wildman–Crippen LogP) is 3.04. The molecule has 1 N–H and O–H groups in total. The third-order valence-electron chi connectivity index (χ3n) is 4.14. The number of nitrogens with one attached hydrogen (secondary N) is 1. The first-order chi connectivity index (χ1) is 12.6. The summed E-state index contributed by atoms with van der Waals surface area (Å²) in [5.41, 5.74) is 0.558. The van der Waals surface area contributed by atoms with Crippen molar-refractivity contribution in [2.24, 2.45) is 5.92 Å². The van der Waals surface area contributed by atoms with Crippen LogP contribution < -0.4 is 10.2 Å². The minimum atomic E-state index is -0.134. The zero-order valence-electron chi connectivity index (χ0n) is 13.5. The molecule has 0 unspecified atom stereocenters. The highest BCUT2D eigenvalue weighted by molar-refractivity contribution is 6.36. The van der Waals surface area contributed by atoms with E-state index in [2.05, 4.69) is 20.4 Å². The molecular formula is C17H14Cl2N6O. The fourth-order valence-corrected chi connectivity index (χ4v) is 3.15. The SMILES string of the molecule is O=C(Nc1ccc(Cl)cc1Cl)C1CN(c2cc(-n3cccn3)ncn2)C1. The molecule has 0 saturated carbocycles. The van der Waals surface area contributed by atoms with Gasteiger partial charge in [-0.2, -0.15) is 5.10 Å². The normalized spacial score (nSPS) is 14.2. The quantitative estimate of drug-likeness (QED) is 0.743. The number of amides is 1. The Morgan fingerprint density at radius 2 is 1.96 bits per heavy atom. The first-order valence-electron chi connectivity index (χ1n) is 7.93. The number of anilines is 2. The Balaban J connectivity index is 1.39. The van der Waals surface area contributed by atoms with Gasteiger partial charge in [0.2, 0.25) is 5.91 Å². The number of nitrogens with zero attached hydrogens (tertiary/aromatic N) is 5. The number of hydrogen-bond acceptors (Lipinski definition) is 5.